The van der Waals surface area contributed by atoms with Crippen LogP contribution in [0.4, 0.5) is 5.69 Å². The molecule has 0 fully saturated rings. The summed E-state index contributed by atoms with van der Waals surface area (Å²) in [5.74, 6) is 0.825. The topological polar surface area (TPSA) is 44.7 Å². The van der Waals surface area contributed by atoms with Crippen LogP contribution < -0.4 is 15.0 Å². The third-order valence-corrected chi connectivity index (χ3v) is 2.61. The fraction of sp³-hybridized carbons (Fsp3) is 0.538. The first kappa shape index (κ1) is 13.8. The van der Waals surface area contributed by atoms with Gasteiger partial charge in [-0.1, -0.05) is 19.1 Å². The fourth-order valence-electron chi connectivity index (χ4n) is 1.74. The molecule has 1 aromatic carbocycles. The van der Waals surface area contributed by atoms with Gasteiger partial charge in [0.05, 0.1) is 18.9 Å². The molecule has 17 heavy (non-hydrogen) atoms. The monoisotopic (exact) mass is 238 g/mol. The summed E-state index contributed by atoms with van der Waals surface area (Å²) >= 11 is 0. The molecule has 0 radical (unpaired) electrons. The van der Waals surface area contributed by atoms with Crippen molar-refractivity contribution in [1.82, 2.24) is 5.32 Å². The van der Waals surface area contributed by atoms with E-state index in [1.807, 2.05) is 43.1 Å². The van der Waals surface area contributed by atoms with E-state index in [1.54, 1.807) is 7.11 Å². The smallest absolute Gasteiger partial charge is 0.142 e. The number of ether oxygens (including phenoxy) is 1. The first-order chi connectivity index (χ1) is 8.19. The van der Waals surface area contributed by atoms with Gasteiger partial charge in [-0.2, -0.15) is 0 Å². The summed E-state index contributed by atoms with van der Waals surface area (Å²) in [6, 6.07) is 7.80. The predicted molar refractivity (Wildman–Crippen MR) is 70.8 cm³/mol. The van der Waals surface area contributed by atoms with Crippen molar-refractivity contribution in [3.63, 3.8) is 0 Å². The van der Waals surface area contributed by atoms with Gasteiger partial charge in [0.15, 0.2) is 0 Å². The number of anilines is 1. The zero-order valence-corrected chi connectivity index (χ0v) is 10.8. The molecular formula is C13H22N2O2. The Hall–Kier alpha value is -1.26. The summed E-state index contributed by atoms with van der Waals surface area (Å²) in [4.78, 5) is 2.00. The van der Waals surface area contributed by atoms with Crippen molar-refractivity contribution >= 4 is 5.69 Å². The Labute approximate surface area is 103 Å². The molecule has 2 N–H and O–H groups in total. The minimum Gasteiger partial charge on any atom is -0.495 e. The molecule has 0 saturated carbocycles. The minimum atomic E-state index is -0.384. The van der Waals surface area contributed by atoms with Gasteiger partial charge in [0, 0.05) is 20.1 Å². The molecule has 0 saturated heterocycles. The fourth-order valence-corrected chi connectivity index (χ4v) is 1.74. The first-order valence-electron chi connectivity index (χ1n) is 5.92. The van der Waals surface area contributed by atoms with Crippen LogP contribution in [0, 0.1) is 0 Å². The van der Waals surface area contributed by atoms with E-state index in [2.05, 4.69) is 5.32 Å². The molecule has 0 aliphatic rings. The van der Waals surface area contributed by atoms with Gasteiger partial charge in [-0.05, 0) is 18.7 Å². The number of aliphatic hydroxyl groups excluding tert-OH is 1. The van der Waals surface area contributed by atoms with Crippen LogP contribution in [-0.2, 0) is 0 Å². The standard InChI is InChI=1S/C13H22N2O2/c1-4-14-9-11(16)10-15(2)12-7-5-6-8-13(12)17-3/h5-8,11,14,16H,4,9-10H2,1-3H3. The maximum Gasteiger partial charge on any atom is 0.142 e. The largest absolute Gasteiger partial charge is 0.495 e. The van der Waals surface area contributed by atoms with Crippen LogP contribution in [0.3, 0.4) is 0 Å². The van der Waals surface area contributed by atoms with Gasteiger partial charge in [0.1, 0.15) is 5.75 Å². The van der Waals surface area contributed by atoms with E-state index in [4.69, 9.17) is 4.74 Å². The molecule has 1 rings (SSSR count). The molecular weight excluding hydrogens is 216 g/mol. The minimum absolute atomic E-state index is 0.384. The Kier molecular flexibility index (Phi) is 5.80. The van der Waals surface area contributed by atoms with Crippen LogP contribution in [0.1, 0.15) is 6.92 Å². The van der Waals surface area contributed by atoms with Gasteiger partial charge in [-0.3, -0.25) is 0 Å². The van der Waals surface area contributed by atoms with Gasteiger partial charge in [0.2, 0.25) is 0 Å². The molecule has 0 heterocycles. The number of para-hydroxylation sites is 2. The lowest BCUT2D eigenvalue weighted by Crippen LogP contribution is -2.36. The summed E-state index contributed by atoms with van der Waals surface area (Å²) in [7, 11) is 3.61. The van der Waals surface area contributed by atoms with Crippen LogP contribution in [0.5, 0.6) is 5.75 Å². The van der Waals surface area contributed by atoms with E-state index in [1.165, 1.54) is 0 Å². The van der Waals surface area contributed by atoms with Crippen molar-refractivity contribution in [2.45, 2.75) is 13.0 Å². The molecule has 0 aromatic heterocycles. The van der Waals surface area contributed by atoms with E-state index in [0.29, 0.717) is 13.1 Å². The van der Waals surface area contributed by atoms with E-state index in [0.717, 1.165) is 18.0 Å². The average Bonchev–Trinajstić information content (AvgIpc) is 2.36. The second-order valence-electron chi connectivity index (χ2n) is 4.01. The molecule has 0 bridgehead atoms. The number of rotatable bonds is 7. The van der Waals surface area contributed by atoms with Crippen LogP contribution in [0.2, 0.25) is 0 Å². The Morgan fingerprint density at radius 2 is 2.12 bits per heavy atom. The zero-order chi connectivity index (χ0) is 12.7. The molecule has 1 aromatic rings. The van der Waals surface area contributed by atoms with Crippen molar-refractivity contribution in [2.75, 3.05) is 38.7 Å². The third-order valence-electron chi connectivity index (χ3n) is 2.61. The molecule has 4 nitrogen and oxygen atoms in total. The Balaban J connectivity index is 2.59. The summed E-state index contributed by atoms with van der Waals surface area (Å²) in [6.45, 7) is 4.08. The summed E-state index contributed by atoms with van der Waals surface area (Å²) in [6.07, 6.45) is -0.384. The average molecular weight is 238 g/mol. The first-order valence-corrected chi connectivity index (χ1v) is 5.92. The van der Waals surface area contributed by atoms with Gasteiger partial charge in [0.25, 0.3) is 0 Å². The third kappa shape index (κ3) is 4.24. The van der Waals surface area contributed by atoms with E-state index in [-0.39, 0.29) is 6.10 Å². The summed E-state index contributed by atoms with van der Waals surface area (Å²) in [5.41, 5.74) is 0.991. The normalized spacial score (nSPS) is 12.2. The van der Waals surface area contributed by atoms with E-state index in [9.17, 15) is 5.11 Å². The Morgan fingerprint density at radius 1 is 1.41 bits per heavy atom. The maximum atomic E-state index is 9.83. The quantitative estimate of drug-likeness (QED) is 0.747. The maximum absolute atomic E-state index is 9.83. The molecule has 1 atom stereocenters. The Bertz CT molecular complexity index is 331. The van der Waals surface area contributed by atoms with Crippen LogP contribution in [-0.4, -0.2) is 45.0 Å². The summed E-state index contributed by atoms with van der Waals surface area (Å²) < 4.78 is 5.29. The van der Waals surface area contributed by atoms with Crippen molar-refractivity contribution in [3.8, 4) is 5.75 Å². The molecule has 1 unspecified atom stereocenters. The predicted octanol–water partition coefficient (Wildman–Crippen LogP) is 1.10. The van der Waals surface area contributed by atoms with E-state index < -0.39 is 0 Å². The molecule has 0 aliphatic heterocycles. The van der Waals surface area contributed by atoms with Gasteiger partial charge in [-0.25, -0.2) is 0 Å². The number of nitrogens with one attached hydrogen (secondary N) is 1. The molecule has 0 amide bonds. The Morgan fingerprint density at radius 3 is 2.76 bits per heavy atom. The van der Waals surface area contributed by atoms with Crippen molar-refractivity contribution < 1.29 is 9.84 Å². The van der Waals surface area contributed by atoms with Crippen LogP contribution >= 0.6 is 0 Å². The van der Waals surface area contributed by atoms with Crippen LogP contribution in [0.25, 0.3) is 0 Å². The zero-order valence-electron chi connectivity index (χ0n) is 10.8. The second kappa shape index (κ2) is 7.14. The molecule has 4 heteroatoms. The lowest BCUT2D eigenvalue weighted by Gasteiger charge is -2.24. The number of benzene rings is 1. The summed E-state index contributed by atoms with van der Waals surface area (Å²) in [5, 5.41) is 13.0. The lowest BCUT2D eigenvalue weighted by atomic mass is 10.2. The number of methoxy groups -OCH3 is 1. The highest BCUT2D eigenvalue weighted by molar-refractivity contribution is 5.57. The van der Waals surface area contributed by atoms with Crippen molar-refractivity contribution in [2.24, 2.45) is 0 Å². The number of hydrogen-bond donors (Lipinski definition) is 2. The lowest BCUT2D eigenvalue weighted by molar-refractivity contribution is 0.179. The number of likely N-dealkylation sites (N-methyl/N-ethyl adjacent to an activating group) is 2. The van der Waals surface area contributed by atoms with E-state index >= 15 is 0 Å². The molecule has 0 spiro atoms. The number of nitrogens with zero attached hydrogens (tertiary/aromatic N) is 1. The highest BCUT2D eigenvalue weighted by Gasteiger charge is 2.11. The highest BCUT2D eigenvalue weighted by Crippen LogP contribution is 2.26. The highest BCUT2D eigenvalue weighted by atomic mass is 16.5. The molecule has 96 valence electrons. The van der Waals surface area contributed by atoms with Gasteiger partial charge >= 0.3 is 0 Å². The van der Waals surface area contributed by atoms with Crippen LogP contribution in [0.15, 0.2) is 24.3 Å². The van der Waals surface area contributed by atoms with Crippen molar-refractivity contribution in [3.05, 3.63) is 24.3 Å². The second-order valence-corrected chi connectivity index (χ2v) is 4.01. The number of hydrogen-bond acceptors (Lipinski definition) is 4. The van der Waals surface area contributed by atoms with Gasteiger partial charge < -0.3 is 20.1 Å². The van der Waals surface area contributed by atoms with Gasteiger partial charge in [-0.15, -0.1) is 0 Å². The molecule has 0 aliphatic carbocycles. The van der Waals surface area contributed by atoms with Crippen molar-refractivity contribution in [1.29, 1.82) is 0 Å². The SMILES string of the molecule is CCNCC(O)CN(C)c1ccccc1OC. The number of aliphatic hydroxyl groups is 1.